The molecule has 0 bridgehead atoms. The number of amides is 1. The first kappa shape index (κ1) is 14.4. The van der Waals surface area contributed by atoms with Crippen LogP contribution in [-0.4, -0.2) is 21.9 Å². The Kier molecular flexibility index (Phi) is 3.66. The van der Waals surface area contributed by atoms with E-state index in [0.717, 1.165) is 28.7 Å². The van der Waals surface area contributed by atoms with Gasteiger partial charge in [0.1, 0.15) is 0 Å². The van der Waals surface area contributed by atoms with Gasteiger partial charge < -0.3 is 9.47 Å². The summed E-state index contributed by atoms with van der Waals surface area (Å²) >= 11 is 3.52. The summed E-state index contributed by atoms with van der Waals surface area (Å²) in [6, 6.07) is 10.3. The maximum atomic E-state index is 12.8. The molecule has 3 nitrogen and oxygen atoms in total. The fourth-order valence-electron chi connectivity index (χ4n) is 3.05. The minimum Gasteiger partial charge on any atom is -0.345 e. The number of halogens is 1. The largest absolute Gasteiger partial charge is 0.345 e. The average Bonchev–Trinajstić information content (AvgIpc) is 2.81. The zero-order chi connectivity index (χ0) is 15.1. The van der Waals surface area contributed by atoms with Crippen LogP contribution in [0.4, 0.5) is 0 Å². The number of carbonyl (C=O) groups excluding carboxylic acids is 1. The molecule has 0 radical (unpaired) electrons. The van der Waals surface area contributed by atoms with E-state index >= 15 is 0 Å². The van der Waals surface area contributed by atoms with Gasteiger partial charge in [-0.25, -0.2) is 0 Å². The van der Waals surface area contributed by atoms with E-state index in [4.69, 9.17) is 0 Å². The topological polar surface area (TPSA) is 25.2 Å². The molecule has 0 saturated heterocycles. The van der Waals surface area contributed by atoms with Gasteiger partial charge in [-0.3, -0.25) is 4.79 Å². The molecule has 1 aliphatic rings. The molecule has 1 aliphatic heterocycles. The lowest BCUT2D eigenvalue weighted by Crippen LogP contribution is -2.41. The maximum absolute atomic E-state index is 12.8. The van der Waals surface area contributed by atoms with Crippen LogP contribution in [0.25, 0.3) is 0 Å². The number of fused-ring (bicyclic) bond motifs is 1. The highest BCUT2D eigenvalue weighted by atomic mass is 79.9. The monoisotopic (exact) mass is 346 g/mol. The molecule has 1 aromatic carbocycles. The predicted molar refractivity (Wildman–Crippen MR) is 87.5 cm³/mol. The predicted octanol–water partition coefficient (Wildman–Crippen LogP) is 4.08. The number of hydrogen-bond donors (Lipinski definition) is 0. The molecule has 0 saturated carbocycles. The third kappa shape index (κ3) is 2.42. The van der Waals surface area contributed by atoms with E-state index in [1.165, 1.54) is 11.4 Å². The number of hydrogen-bond acceptors (Lipinski definition) is 1. The minimum atomic E-state index is 0.0967. The normalized spacial score (nSPS) is 17.7. The summed E-state index contributed by atoms with van der Waals surface area (Å²) in [6.45, 7) is 7.86. The molecule has 3 rings (SSSR count). The van der Waals surface area contributed by atoms with Gasteiger partial charge in [0, 0.05) is 29.0 Å². The molecule has 1 unspecified atom stereocenters. The molecule has 2 aromatic rings. The van der Waals surface area contributed by atoms with Gasteiger partial charge in [-0.05, 0) is 66.5 Å². The van der Waals surface area contributed by atoms with Crippen LogP contribution in [0.5, 0.6) is 0 Å². The van der Waals surface area contributed by atoms with E-state index in [0.29, 0.717) is 0 Å². The molecule has 1 amide bonds. The quantitative estimate of drug-likeness (QED) is 0.763. The van der Waals surface area contributed by atoms with Crippen molar-refractivity contribution >= 4 is 21.8 Å². The number of aryl methyl sites for hydroxylation is 2. The molecule has 1 atom stereocenters. The summed E-state index contributed by atoms with van der Waals surface area (Å²) in [7, 11) is 0. The van der Waals surface area contributed by atoms with Crippen LogP contribution < -0.4 is 0 Å². The summed E-state index contributed by atoms with van der Waals surface area (Å²) in [5.41, 5.74) is 4.37. The van der Waals surface area contributed by atoms with Crippen molar-refractivity contribution in [2.75, 3.05) is 6.54 Å². The van der Waals surface area contributed by atoms with Crippen LogP contribution in [0.15, 0.2) is 34.8 Å². The van der Waals surface area contributed by atoms with Crippen molar-refractivity contribution in [1.82, 2.24) is 9.47 Å². The van der Waals surface area contributed by atoms with Crippen molar-refractivity contribution in [2.24, 2.45) is 0 Å². The first-order valence-electron chi connectivity index (χ1n) is 7.22. The van der Waals surface area contributed by atoms with Crippen LogP contribution >= 0.6 is 15.9 Å². The van der Waals surface area contributed by atoms with Crippen molar-refractivity contribution < 1.29 is 4.79 Å². The van der Waals surface area contributed by atoms with Crippen LogP contribution in [-0.2, 0) is 6.54 Å². The van der Waals surface area contributed by atoms with Gasteiger partial charge in [0.25, 0.3) is 5.91 Å². The Morgan fingerprint density at radius 2 is 1.95 bits per heavy atom. The zero-order valence-corrected chi connectivity index (χ0v) is 14.1. The maximum Gasteiger partial charge on any atom is 0.255 e. The van der Waals surface area contributed by atoms with Crippen molar-refractivity contribution in [3.8, 4) is 0 Å². The fourth-order valence-corrected chi connectivity index (χ4v) is 3.71. The molecular weight excluding hydrogens is 328 g/mol. The van der Waals surface area contributed by atoms with Gasteiger partial charge in [0.05, 0.1) is 11.6 Å². The SMILES string of the molecule is Cc1ccc(C(=O)N2CCn3c(C)ccc3C2C)c(Br)c1. The van der Waals surface area contributed by atoms with Gasteiger partial charge in [-0.15, -0.1) is 0 Å². The first-order valence-corrected chi connectivity index (χ1v) is 8.01. The van der Waals surface area contributed by atoms with Crippen LogP contribution in [0.1, 0.15) is 40.3 Å². The van der Waals surface area contributed by atoms with Crippen LogP contribution in [0, 0.1) is 13.8 Å². The molecule has 2 heterocycles. The summed E-state index contributed by atoms with van der Waals surface area (Å²) in [5.74, 6) is 0.0967. The lowest BCUT2D eigenvalue weighted by atomic mass is 10.1. The van der Waals surface area contributed by atoms with Gasteiger partial charge in [-0.1, -0.05) is 6.07 Å². The molecule has 0 aliphatic carbocycles. The lowest BCUT2D eigenvalue weighted by Gasteiger charge is -2.35. The average molecular weight is 347 g/mol. The Bertz CT molecular complexity index is 705. The summed E-state index contributed by atoms with van der Waals surface area (Å²) in [4.78, 5) is 14.8. The number of benzene rings is 1. The highest BCUT2D eigenvalue weighted by Crippen LogP contribution is 2.30. The zero-order valence-electron chi connectivity index (χ0n) is 12.6. The van der Waals surface area contributed by atoms with E-state index in [9.17, 15) is 4.79 Å². The minimum absolute atomic E-state index is 0.0967. The van der Waals surface area contributed by atoms with E-state index in [2.05, 4.69) is 46.5 Å². The highest BCUT2D eigenvalue weighted by Gasteiger charge is 2.29. The Morgan fingerprint density at radius 1 is 1.19 bits per heavy atom. The van der Waals surface area contributed by atoms with Crippen molar-refractivity contribution in [3.63, 3.8) is 0 Å². The van der Waals surface area contributed by atoms with Gasteiger partial charge in [0.15, 0.2) is 0 Å². The van der Waals surface area contributed by atoms with E-state index in [1.54, 1.807) is 0 Å². The number of aromatic nitrogens is 1. The second kappa shape index (κ2) is 5.34. The molecule has 0 N–H and O–H groups in total. The molecule has 0 spiro atoms. The number of nitrogens with zero attached hydrogens (tertiary/aromatic N) is 2. The molecular formula is C17H19BrN2O. The first-order chi connectivity index (χ1) is 9.99. The van der Waals surface area contributed by atoms with Crippen molar-refractivity contribution in [2.45, 2.75) is 33.4 Å². The summed E-state index contributed by atoms with van der Waals surface area (Å²) in [6.07, 6.45) is 0. The van der Waals surface area contributed by atoms with E-state index < -0.39 is 0 Å². The number of rotatable bonds is 1. The van der Waals surface area contributed by atoms with Gasteiger partial charge in [0.2, 0.25) is 0 Å². The smallest absolute Gasteiger partial charge is 0.255 e. The molecule has 21 heavy (non-hydrogen) atoms. The van der Waals surface area contributed by atoms with Crippen molar-refractivity contribution in [3.05, 3.63) is 57.3 Å². The third-order valence-corrected chi connectivity index (χ3v) is 4.96. The third-order valence-electron chi connectivity index (χ3n) is 4.31. The Balaban J connectivity index is 1.93. The highest BCUT2D eigenvalue weighted by molar-refractivity contribution is 9.10. The molecule has 110 valence electrons. The van der Waals surface area contributed by atoms with E-state index in [-0.39, 0.29) is 11.9 Å². The molecule has 0 fully saturated rings. The fraction of sp³-hybridized carbons (Fsp3) is 0.353. The Hall–Kier alpha value is -1.55. The summed E-state index contributed by atoms with van der Waals surface area (Å²) < 4.78 is 3.18. The van der Waals surface area contributed by atoms with Crippen LogP contribution in [0.2, 0.25) is 0 Å². The van der Waals surface area contributed by atoms with Gasteiger partial charge in [-0.2, -0.15) is 0 Å². The second-order valence-corrected chi connectivity index (χ2v) is 6.56. The molecule has 1 aromatic heterocycles. The van der Waals surface area contributed by atoms with Gasteiger partial charge >= 0.3 is 0 Å². The Morgan fingerprint density at radius 3 is 2.67 bits per heavy atom. The van der Waals surface area contributed by atoms with Crippen LogP contribution in [0.3, 0.4) is 0 Å². The standard InChI is InChI=1S/C17H19BrN2O/c1-11-4-6-14(15(18)10-11)17(21)20-9-8-19-12(2)5-7-16(19)13(20)3/h4-7,10,13H,8-9H2,1-3H3. The summed E-state index contributed by atoms with van der Waals surface area (Å²) in [5, 5.41) is 0. The number of carbonyl (C=O) groups is 1. The van der Waals surface area contributed by atoms with Crippen molar-refractivity contribution in [1.29, 1.82) is 0 Å². The lowest BCUT2D eigenvalue weighted by molar-refractivity contribution is 0.0642. The van der Waals surface area contributed by atoms with E-state index in [1.807, 2.05) is 30.0 Å². The molecule has 4 heteroatoms. The second-order valence-electron chi connectivity index (χ2n) is 5.71. The Labute approximate surface area is 133 Å².